The number of nitrogens with one attached hydrogen (secondary N) is 1. The predicted molar refractivity (Wildman–Crippen MR) is 119 cm³/mol. The van der Waals surface area contributed by atoms with E-state index in [-0.39, 0.29) is 23.3 Å². The SMILES string of the molecule is CCNC(=O)C(C)N(CCc1ccccc1)C(=O)CSCc1ccc([N+](=O)[O-])cc1. The topological polar surface area (TPSA) is 92.6 Å². The number of nitro groups is 1. The maximum Gasteiger partial charge on any atom is 0.269 e. The summed E-state index contributed by atoms with van der Waals surface area (Å²) in [6, 6.07) is 15.6. The Morgan fingerprint density at radius 2 is 1.77 bits per heavy atom. The number of nitrogens with zero attached hydrogens (tertiary/aromatic N) is 2. The zero-order chi connectivity index (χ0) is 21.9. The predicted octanol–water partition coefficient (Wildman–Crippen LogP) is 3.42. The molecule has 8 heteroatoms. The standard InChI is InChI=1S/C22H27N3O4S/c1-3-23-22(27)17(2)24(14-13-18-7-5-4-6-8-18)21(26)16-30-15-19-9-11-20(12-10-19)25(28)29/h4-12,17H,3,13-16H2,1-2H3,(H,23,27). The molecule has 1 atom stereocenters. The first-order chi connectivity index (χ1) is 14.4. The maximum atomic E-state index is 12.9. The Bertz CT molecular complexity index is 843. The second kappa shape index (κ2) is 12.0. The number of rotatable bonds is 11. The van der Waals surface area contributed by atoms with Crippen molar-refractivity contribution in [2.24, 2.45) is 0 Å². The van der Waals surface area contributed by atoms with Gasteiger partial charge in [0.25, 0.3) is 5.69 Å². The van der Waals surface area contributed by atoms with Gasteiger partial charge in [-0.05, 0) is 31.4 Å². The first kappa shape index (κ1) is 23.4. The van der Waals surface area contributed by atoms with Gasteiger partial charge in [0, 0.05) is 31.0 Å². The van der Waals surface area contributed by atoms with Gasteiger partial charge in [0.1, 0.15) is 6.04 Å². The van der Waals surface area contributed by atoms with Crippen LogP contribution < -0.4 is 5.32 Å². The molecule has 2 aromatic rings. The third-order valence-corrected chi connectivity index (χ3v) is 5.63. The minimum absolute atomic E-state index is 0.0441. The Labute approximate surface area is 181 Å². The van der Waals surface area contributed by atoms with Crippen LogP contribution in [0.1, 0.15) is 25.0 Å². The quantitative estimate of drug-likeness (QED) is 0.436. The van der Waals surface area contributed by atoms with E-state index in [2.05, 4.69) is 5.32 Å². The van der Waals surface area contributed by atoms with Crippen LogP contribution in [0.4, 0.5) is 5.69 Å². The maximum absolute atomic E-state index is 12.9. The zero-order valence-electron chi connectivity index (χ0n) is 17.2. The molecule has 30 heavy (non-hydrogen) atoms. The monoisotopic (exact) mass is 429 g/mol. The Kier molecular flexibility index (Phi) is 9.34. The molecule has 0 spiro atoms. The Balaban J connectivity index is 1.96. The fourth-order valence-corrected chi connectivity index (χ4v) is 3.82. The molecule has 0 aliphatic carbocycles. The lowest BCUT2D eigenvalue weighted by Crippen LogP contribution is -2.49. The van der Waals surface area contributed by atoms with Crippen molar-refractivity contribution in [3.05, 3.63) is 75.8 Å². The Morgan fingerprint density at radius 3 is 2.37 bits per heavy atom. The highest BCUT2D eigenvalue weighted by Gasteiger charge is 2.25. The fourth-order valence-electron chi connectivity index (χ4n) is 2.95. The van der Waals surface area contributed by atoms with Gasteiger partial charge in [0.15, 0.2) is 0 Å². The Hall–Kier alpha value is -2.87. The molecule has 0 radical (unpaired) electrons. The highest BCUT2D eigenvalue weighted by atomic mass is 32.2. The van der Waals surface area contributed by atoms with Gasteiger partial charge in [0.2, 0.25) is 11.8 Å². The number of benzene rings is 2. The Morgan fingerprint density at radius 1 is 1.10 bits per heavy atom. The summed E-state index contributed by atoms with van der Waals surface area (Å²) >= 11 is 1.43. The fraction of sp³-hybridized carbons (Fsp3) is 0.364. The normalized spacial score (nSPS) is 11.5. The van der Waals surface area contributed by atoms with Crippen LogP contribution in [-0.2, 0) is 21.8 Å². The molecule has 0 saturated carbocycles. The van der Waals surface area contributed by atoms with Crippen molar-refractivity contribution in [2.45, 2.75) is 32.1 Å². The molecule has 0 heterocycles. The van der Waals surface area contributed by atoms with Crippen LogP contribution in [0.25, 0.3) is 0 Å². The number of amides is 2. The molecule has 160 valence electrons. The number of hydrogen-bond acceptors (Lipinski definition) is 5. The third-order valence-electron chi connectivity index (χ3n) is 4.64. The summed E-state index contributed by atoms with van der Waals surface area (Å²) in [6.45, 7) is 4.56. The minimum Gasteiger partial charge on any atom is -0.355 e. The van der Waals surface area contributed by atoms with E-state index in [1.807, 2.05) is 37.3 Å². The molecule has 0 saturated heterocycles. The van der Waals surface area contributed by atoms with Gasteiger partial charge in [-0.3, -0.25) is 19.7 Å². The van der Waals surface area contributed by atoms with Crippen LogP contribution in [0, 0.1) is 10.1 Å². The van der Waals surface area contributed by atoms with Gasteiger partial charge in [-0.1, -0.05) is 42.5 Å². The van der Waals surface area contributed by atoms with Crippen LogP contribution in [-0.4, -0.2) is 46.5 Å². The van der Waals surface area contributed by atoms with Crippen molar-refractivity contribution >= 4 is 29.3 Å². The van der Waals surface area contributed by atoms with Crippen LogP contribution in [0.3, 0.4) is 0 Å². The largest absolute Gasteiger partial charge is 0.355 e. The number of hydrogen-bond donors (Lipinski definition) is 1. The lowest BCUT2D eigenvalue weighted by molar-refractivity contribution is -0.384. The van der Waals surface area contributed by atoms with Gasteiger partial charge in [-0.15, -0.1) is 11.8 Å². The van der Waals surface area contributed by atoms with Crippen molar-refractivity contribution in [3.63, 3.8) is 0 Å². The molecule has 1 N–H and O–H groups in total. The zero-order valence-corrected chi connectivity index (χ0v) is 18.1. The van der Waals surface area contributed by atoms with Crippen molar-refractivity contribution in [1.82, 2.24) is 10.2 Å². The average molecular weight is 430 g/mol. The summed E-state index contributed by atoms with van der Waals surface area (Å²) in [5.74, 6) is 0.525. The van der Waals surface area contributed by atoms with E-state index in [0.717, 1.165) is 11.1 Å². The van der Waals surface area contributed by atoms with Crippen LogP contribution >= 0.6 is 11.8 Å². The number of carbonyl (C=O) groups excluding carboxylic acids is 2. The van der Waals surface area contributed by atoms with Crippen LogP contribution in [0.2, 0.25) is 0 Å². The molecule has 0 bridgehead atoms. The summed E-state index contributed by atoms with van der Waals surface area (Å²) in [5, 5.41) is 13.5. The summed E-state index contributed by atoms with van der Waals surface area (Å²) in [4.78, 5) is 37.1. The lowest BCUT2D eigenvalue weighted by atomic mass is 10.1. The first-order valence-electron chi connectivity index (χ1n) is 9.84. The van der Waals surface area contributed by atoms with Crippen molar-refractivity contribution < 1.29 is 14.5 Å². The van der Waals surface area contributed by atoms with Gasteiger partial charge in [-0.2, -0.15) is 0 Å². The molecule has 2 aromatic carbocycles. The van der Waals surface area contributed by atoms with Gasteiger partial charge < -0.3 is 10.2 Å². The molecule has 2 amide bonds. The molecule has 0 aliphatic heterocycles. The van der Waals surface area contributed by atoms with E-state index in [1.54, 1.807) is 24.0 Å². The number of nitro benzene ring substituents is 1. The van der Waals surface area contributed by atoms with E-state index < -0.39 is 11.0 Å². The van der Waals surface area contributed by atoms with E-state index in [4.69, 9.17) is 0 Å². The number of likely N-dealkylation sites (N-methyl/N-ethyl adjacent to an activating group) is 1. The molecule has 7 nitrogen and oxygen atoms in total. The number of non-ortho nitro benzene ring substituents is 1. The van der Waals surface area contributed by atoms with Crippen LogP contribution in [0.5, 0.6) is 0 Å². The van der Waals surface area contributed by atoms with Crippen molar-refractivity contribution in [1.29, 1.82) is 0 Å². The second-order valence-corrected chi connectivity index (χ2v) is 7.80. The number of carbonyl (C=O) groups is 2. The van der Waals surface area contributed by atoms with Crippen molar-refractivity contribution in [2.75, 3.05) is 18.8 Å². The average Bonchev–Trinajstić information content (AvgIpc) is 2.75. The molecular weight excluding hydrogens is 402 g/mol. The van der Waals surface area contributed by atoms with Gasteiger partial charge in [-0.25, -0.2) is 0 Å². The summed E-state index contributed by atoms with van der Waals surface area (Å²) < 4.78 is 0. The molecule has 0 aliphatic rings. The summed E-state index contributed by atoms with van der Waals surface area (Å²) in [6.07, 6.45) is 0.670. The van der Waals surface area contributed by atoms with E-state index in [1.165, 1.54) is 23.9 Å². The highest BCUT2D eigenvalue weighted by Crippen LogP contribution is 2.18. The first-order valence-corrected chi connectivity index (χ1v) is 11.0. The molecule has 0 aromatic heterocycles. The molecule has 2 rings (SSSR count). The van der Waals surface area contributed by atoms with Gasteiger partial charge >= 0.3 is 0 Å². The van der Waals surface area contributed by atoms with Crippen molar-refractivity contribution in [3.8, 4) is 0 Å². The molecule has 1 unspecified atom stereocenters. The summed E-state index contributed by atoms with van der Waals surface area (Å²) in [5.41, 5.74) is 2.06. The minimum atomic E-state index is -0.555. The molecular formula is C22H27N3O4S. The summed E-state index contributed by atoms with van der Waals surface area (Å²) in [7, 11) is 0. The second-order valence-electron chi connectivity index (χ2n) is 6.81. The smallest absolute Gasteiger partial charge is 0.269 e. The van der Waals surface area contributed by atoms with E-state index in [0.29, 0.717) is 25.3 Å². The van der Waals surface area contributed by atoms with E-state index in [9.17, 15) is 19.7 Å². The lowest BCUT2D eigenvalue weighted by Gasteiger charge is -2.28. The number of thioether (sulfide) groups is 1. The molecule has 0 fully saturated rings. The third kappa shape index (κ3) is 7.18. The highest BCUT2D eigenvalue weighted by molar-refractivity contribution is 7.99. The van der Waals surface area contributed by atoms with E-state index >= 15 is 0 Å². The van der Waals surface area contributed by atoms with Crippen LogP contribution in [0.15, 0.2) is 54.6 Å². The van der Waals surface area contributed by atoms with Gasteiger partial charge in [0.05, 0.1) is 10.7 Å².